The van der Waals surface area contributed by atoms with E-state index in [4.69, 9.17) is 37.4 Å². The van der Waals surface area contributed by atoms with Crippen LogP contribution in [0.4, 0.5) is 11.4 Å². The summed E-state index contributed by atoms with van der Waals surface area (Å²) in [6.07, 6.45) is 1.56. The van der Waals surface area contributed by atoms with E-state index in [2.05, 4.69) is 5.32 Å². The number of fused-ring (bicyclic) bond motifs is 1. The lowest BCUT2D eigenvalue weighted by molar-refractivity contribution is -0.991. The molecule has 0 saturated heterocycles. The number of carbonyl (C=O) groups excluding carboxylic acids is 2. The van der Waals surface area contributed by atoms with Crippen LogP contribution < -0.4 is 24.8 Å². The second kappa shape index (κ2) is 8.51. The molecule has 3 N–H and O–H groups in total. The largest absolute Gasteiger partial charge is 0.595 e. The average Bonchev–Trinajstić information content (AvgIpc) is 3.09. The van der Waals surface area contributed by atoms with Crippen LogP contribution in [0.5, 0.6) is 17.2 Å². The van der Waals surface area contributed by atoms with Gasteiger partial charge >= 0.3 is 0 Å². The lowest BCUT2D eigenvalue weighted by Gasteiger charge is -2.35. The third-order valence-electron chi connectivity index (χ3n) is 5.81. The van der Waals surface area contributed by atoms with E-state index in [9.17, 15) is 20.0 Å². The van der Waals surface area contributed by atoms with E-state index < -0.39 is 28.3 Å². The quantitative estimate of drug-likeness (QED) is 0.427. The SMILES string of the molecule is COc1cc(OC)c2c(c1Cl)O[C@@]1(C(=O)C=C(Nc3ccc(Cl)c([NH+]([O-])O)c3)C[C@H]1C)C2=O. The third-order valence-corrected chi connectivity index (χ3v) is 6.50. The summed E-state index contributed by atoms with van der Waals surface area (Å²) in [7, 11) is 2.81. The molecule has 4 rings (SSSR count). The van der Waals surface area contributed by atoms with Crippen LogP contribution in [-0.2, 0) is 4.79 Å². The van der Waals surface area contributed by atoms with Crippen LogP contribution in [-0.4, -0.2) is 36.6 Å². The fraction of sp³-hybridized carbons (Fsp3) is 0.273. The number of methoxy groups -OCH3 is 2. The van der Waals surface area contributed by atoms with Gasteiger partial charge in [-0.2, -0.15) is 5.23 Å². The Kier molecular flexibility index (Phi) is 6.02. The highest BCUT2D eigenvalue weighted by Crippen LogP contribution is 2.53. The minimum atomic E-state index is -1.79. The van der Waals surface area contributed by atoms with Crippen molar-refractivity contribution in [2.75, 3.05) is 19.5 Å². The Labute approximate surface area is 199 Å². The van der Waals surface area contributed by atoms with Gasteiger partial charge in [0.1, 0.15) is 27.1 Å². The maximum atomic E-state index is 13.5. The minimum absolute atomic E-state index is 0.0478. The number of hydrogen-bond donors (Lipinski definition) is 3. The highest BCUT2D eigenvalue weighted by atomic mass is 35.5. The Hall–Kier alpha value is -2.82. The molecule has 1 unspecified atom stereocenters. The van der Waals surface area contributed by atoms with Crippen LogP contribution in [0.25, 0.3) is 0 Å². The van der Waals surface area contributed by atoms with Gasteiger partial charge in [-0.25, -0.2) is 5.21 Å². The highest BCUT2D eigenvalue weighted by molar-refractivity contribution is 6.36. The van der Waals surface area contributed by atoms with E-state index >= 15 is 0 Å². The lowest BCUT2D eigenvalue weighted by Crippen LogP contribution is -2.99. The molecule has 1 aliphatic heterocycles. The summed E-state index contributed by atoms with van der Waals surface area (Å²) < 4.78 is 16.6. The molecule has 3 atom stereocenters. The van der Waals surface area contributed by atoms with Gasteiger partial charge in [0.15, 0.2) is 11.4 Å². The second-order valence-electron chi connectivity index (χ2n) is 7.73. The maximum Gasteiger partial charge on any atom is 0.236 e. The van der Waals surface area contributed by atoms with Crippen LogP contribution in [0.3, 0.4) is 0 Å². The number of ether oxygens (including phenoxy) is 3. The number of halogens is 2. The van der Waals surface area contributed by atoms with Gasteiger partial charge < -0.3 is 24.7 Å². The minimum Gasteiger partial charge on any atom is -0.595 e. The van der Waals surface area contributed by atoms with Crippen LogP contribution in [0.2, 0.25) is 10.0 Å². The number of rotatable bonds is 5. The predicted molar refractivity (Wildman–Crippen MR) is 120 cm³/mol. The predicted octanol–water partition coefficient (Wildman–Crippen LogP) is 3.33. The summed E-state index contributed by atoms with van der Waals surface area (Å²) >= 11 is 12.3. The van der Waals surface area contributed by atoms with Crippen molar-refractivity contribution < 1.29 is 34.2 Å². The molecule has 2 aromatic carbocycles. The molecule has 1 spiro atoms. The van der Waals surface area contributed by atoms with Crippen molar-refractivity contribution in [3.63, 3.8) is 0 Å². The van der Waals surface area contributed by atoms with Gasteiger partial charge in [-0.1, -0.05) is 30.1 Å². The van der Waals surface area contributed by atoms with Crippen molar-refractivity contribution in [3.05, 3.63) is 56.9 Å². The highest BCUT2D eigenvalue weighted by Gasteiger charge is 2.60. The zero-order valence-corrected chi connectivity index (χ0v) is 19.3. The molecular formula is C22H20Cl2N2O7. The molecule has 174 valence electrons. The number of Topliss-reactive ketones (excluding diaryl/α,β-unsaturated/α-hetero) is 1. The zero-order valence-electron chi connectivity index (χ0n) is 17.8. The van der Waals surface area contributed by atoms with E-state index in [1.807, 2.05) is 0 Å². The zero-order chi connectivity index (χ0) is 24.1. The smallest absolute Gasteiger partial charge is 0.236 e. The fourth-order valence-electron chi connectivity index (χ4n) is 4.17. The van der Waals surface area contributed by atoms with E-state index in [-0.39, 0.29) is 45.0 Å². The Morgan fingerprint density at radius 2 is 1.91 bits per heavy atom. The normalized spacial score (nSPS) is 22.5. The summed E-state index contributed by atoms with van der Waals surface area (Å²) in [4.78, 5) is 26.8. The van der Waals surface area contributed by atoms with Gasteiger partial charge in [-0.3, -0.25) is 9.59 Å². The number of ketones is 2. The molecule has 1 aliphatic carbocycles. The second-order valence-corrected chi connectivity index (χ2v) is 8.51. The summed E-state index contributed by atoms with van der Waals surface area (Å²) in [6, 6.07) is 5.89. The van der Waals surface area contributed by atoms with Gasteiger partial charge in [0.05, 0.1) is 14.2 Å². The topological polar surface area (TPSA) is 122 Å². The Morgan fingerprint density at radius 1 is 1.21 bits per heavy atom. The Balaban J connectivity index is 1.69. The van der Waals surface area contributed by atoms with Crippen molar-refractivity contribution in [1.82, 2.24) is 0 Å². The number of allylic oxidation sites excluding steroid dienone is 1. The van der Waals surface area contributed by atoms with Crippen molar-refractivity contribution >= 4 is 46.1 Å². The summed E-state index contributed by atoms with van der Waals surface area (Å²) in [5.74, 6) is -1.17. The lowest BCUT2D eigenvalue weighted by atomic mass is 9.74. The third kappa shape index (κ3) is 3.62. The number of hydrogen-bond acceptors (Lipinski definition) is 8. The molecule has 0 fully saturated rings. The molecular weight excluding hydrogens is 475 g/mol. The first-order valence-electron chi connectivity index (χ1n) is 9.87. The van der Waals surface area contributed by atoms with E-state index in [1.54, 1.807) is 13.0 Å². The average molecular weight is 495 g/mol. The molecule has 33 heavy (non-hydrogen) atoms. The van der Waals surface area contributed by atoms with Crippen LogP contribution in [0, 0.1) is 11.1 Å². The molecule has 0 bridgehead atoms. The molecule has 2 aromatic rings. The van der Waals surface area contributed by atoms with Gasteiger partial charge in [0.25, 0.3) is 0 Å². The van der Waals surface area contributed by atoms with Gasteiger partial charge in [0.2, 0.25) is 17.2 Å². The molecule has 9 nitrogen and oxygen atoms in total. The van der Waals surface area contributed by atoms with E-state index in [1.165, 1.54) is 38.5 Å². The number of nitrogens with one attached hydrogen (secondary N) is 2. The monoisotopic (exact) mass is 494 g/mol. The molecule has 0 saturated carbocycles. The molecule has 0 aromatic heterocycles. The number of carbonyl (C=O) groups is 2. The van der Waals surface area contributed by atoms with Gasteiger partial charge in [-0.05, 0) is 18.6 Å². The molecule has 0 amide bonds. The van der Waals surface area contributed by atoms with Gasteiger partial charge in [0, 0.05) is 35.5 Å². The molecule has 1 heterocycles. The maximum absolute atomic E-state index is 13.5. The first-order valence-corrected chi connectivity index (χ1v) is 10.6. The van der Waals surface area contributed by atoms with Crippen molar-refractivity contribution in [1.29, 1.82) is 0 Å². The van der Waals surface area contributed by atoms with Crippen molar-refractivity contribution in [3.8, 4) is 17.2 Å². The number of anilines is 1. The number of benzene rings is 2. The first kappa shape index (κ1) is 23.3. The van der Waals surface area contributed by atoms with Crippen LogP contribution in [0.15, 0.2) is 36.0 Å². The standard InChI is InChI=1S/C22H20Cl2N2O7/c1-10-6-12(25-11-4-5-13(23)14(7-11)26(29)30)8-17(27)22(10)21(28)18-15(31-2)9-16(32-3)19(24)20(18)33-22/h4-5,7-10,25-26,29H,6H2,1-3H3/t10-,22+/m1/s1. The summed E-state index contributed by atoms with van der Waals surface area (Å²) in [5.41, 5.74) is -0.829. The Bertz CT molecular complexity index is 1200. The summed E-state index contributed by atoms with van der Waals surface area (Å²) in [5, 5.41) is 22.7. The van der Waals surface area contributed by atoms with E-state index in [0.29, 0.717) is 11.4 Å². The van der Waals surface area contributed by atoms with E-state index in [0.717, 1.165) is 0 Å². The summed E-state index contributed by atoms with van der Waals surface area (Å²) in [6.45, 7) is 1.72. The first-order chi connectivity index (χ1) is 15.6. The van der Waals surface area contributed by atoms with Crippen molar-refractivity contribution in [2.45, 2.75) is 18.9 Å². The Morgan fingerprint density at radius 3 is 2.52 bits per heavy atom. The molecule has 0 radical (unpaired) electrons. The van der Waals surface area contributed by atoms with Crippen LogP contribution >= 0.6 is 23.2 Å². The van der Waals surface area contributed by atoms with Crippen LogP contribution in [0.1, 0.15) is 23.7 Å². The van der Waals surface area contributed by atoms with Crippen molar-refractivity contribution in [2.24, 2.45) is 5.92 Å². The number of quaternary nitrogens is 1. The molecule has 11 heteroatoms. The molecule has 2 aliphatic rings. The van der Waals surface area contributed by atoms with Gasteiger partial charge in [-0.15, -0.1) is 0 Å². The fourth-order valence-corrected chi connectivity index (χ4v) is 4.63.